The number of methoxy groups -OCH3 is 1. The van der Waals surface area contributed by atoms with Crippen LogP contribution in [0.1, 0.15) is 47.1 Å². The van der Waals surface area contributed by atoms with Gasteiger partial charge in [-0.25, -0.2) is 9.59 Å². The fourth-order valence-corrected chi connectivity index (χ4v) is 3.32. The predicted molar refractivity (Wildman–Crippen MR) is 138 cm³/mol. The van der Waals surface area contributed by atoms with E-state index >= 15 is 0 Å². The third-order valence-electron chi connectivity index (χ3n) is 5.16. The highest BCUT2D eigenvalue weighted by Gasteiger charge is 2.28. The fourth-order valence-electron chi connectivity index (χ4n) is 3.32. The summed E-state index contributed by atoms with van der Waals surface area (Å²) in [6.07, 6.45) is 0.768. The lowest BCUT2D eigenvalue weighted by Gasteiger charge is -2.23. The number of nitrogens with one attached hydrogen (secondary N) is 3. The van der Waals surface area contributed by atoms with Crippen molar-refractivity contribution in [2.75, 3.05) is 7.11 Å². The zero-order valence-electron chi connectivity index (χ0n) is 21.8. The first-order valence-electron chi connectivity index (χ1n) is 11.7. The van der Waals surface area contributed by atoms with Crippen molar-refractivity contribution in [3.63, 3.8) is 0 Å². The van der Waals surface area contributed by atoms with Crippen LogP contribution in [0, 0.1) is 5.92 Å². The van der Waals surface area contributed by atoms with E-state index in [-0.39, 0.29) is 11.6 Å². The van der Waals surface area contributed by atoms with E-state index in [1.807, 2.05) is 42.5 Å². The maximum absolute atomic E-state index is 13.3. The molecule has 0 unspecified atom stereocenters. The van der Waals surface area contributed by atoms with Crippen LogP contribution in [0.4, 0.5) is 4.79 Å². The number of benzene rings is 2. The quantitative estimate of drug-likeness (QED) is 0.379. The maximum Gasteiger partial charge on any atom is 0.408 e. The Labute approximate surface area is 211 Å². The molecule has 9 nitrogen and oxygen atoms in total. The van der Waals surface area contributed by atoms with Crippen molar-refractivity contribution >= 4 is 40.7 Å². The lowest BCUT2D eigenvalue weighted by molar-refractivity contribution is -0.146. The molecule has 0 saturated carbocycles. The molecular weight excluding hydrogens is 462 g/mol. The molecule has 3 N–H and O–H groups in total. The fraction of sp³-hybridized carbons (Fsp3) is 0.407. The molecule has 0 radical (unpaired) electrons. The van der Waals surface area contributed by atoms with Gasteiger partial charge in [-0.05, 0) is 56.0 Å². The first-order chi connectivity index (χ1) is 16.8. The Hall–Kier alpha value is -3.88. The second-order valence-corrected chi connectivity index (χ2v) is 9.70. The standard InChI is InChI=1S/C27H35N3O6/c1-16(2)22(25(33)35-7)30-24(32)21(15-19-13-10-12-18-11-8-9-14-20(18)19)29-23(31)17(3)28-26(34)36-27(4,5)6/h8-17,22H,1-7H3,(H,28,34)(H,29,31)(H,30,32)/b21-15-/t17-,22-/m0/s1. The lowest BCUT2D eigenvalue weighted by Crippen LogP contribution is -2.50. The second kappa shape index (κ2) is 12.2. The van der Waals surface area contributed by atoms with Gasteiger partial charge in [-0.3, -0.25) is 9.59 Å². The van der Waals surface area contributed by atoms with Gasteiger partial charge in [0.2, 0.25) is 5.91 Å². The number of carbonyl (C=O) groups excluding carboxylic acids is 4. The van der Waals surface area contributed by atoms with Crippen LogP contribution in [0.2, 0.25) is 0 Å². The van der Waals surface area contributed by atoms with E-state index in [0.29, 0.717) is 5.56 Å². The van der Waals surface area contributed by atoms with Gasteiger partial charge in [0, 0.05) is 0 Å². The number of alkyl carbamates (subject to hydrolysis) is 1. The largest absolute Gasteiger partial charge is 0.467 e. The highest BCUT2D eigenvalue weighted by Crippen LogP contribution is 2.21. The molecule has 2 aromatic rings. The van der Waals surface area contributed by atoms with Crippen LogP contribution in [-0.4, -0.2) is 48.7 Å². The summed E-state index contributed by atoms with van der Waals surface area (Å²) in [7, 11) is 1.24. The van der Waals surface area contributed by atoms with Gasteiger partial charge in [-0.15, -0.1) is 0 Å². The lowest BCUT2D eigenvalue weighted by atomic mass is 10.0. The topological polar surface area (TPSA) is 123 Å². The van der Waals surface area contributed by atoms with Crippen molar-refractivity contribution < 1.29 is 28.7 Å². The molecule has 0 fully saturated rings. The Balaban J connectivity index is 2.38. The summed E-state index contributed by atoms with van der Waals surface area (Å²) in [5, 5.41) is 9.50. The summed E-state index contributed by atoms with van der Waals surface area (Å²) in [6.45, 7) is 10.1. The molecule has 9 heteroatoms. The second-order valence-electron chi connectivity index (χ2n) is 9.70. The molecule has 0 aromatic heterocycles. The van der Waals surface area contributed by atoms with Gasteiger partial charge in [-0.1, -0.05) is 56.3 Å². The Morgan fingerprint density at radius 2 is 1.56 bits per heavy atom. The van der Waals surface area contributed by atoms with E-state index in [1.165, 1.54) is 20.1 Å². The molecule has 0 aliphatic carbocycles. The van der Waals surface area contributed by atoms with Gasteiger partial charge in [0.05, 0.1) is 7.11 Å². The van der Waals surface area contributed by atoms with Crippen molar-refractivity contribution in [3.8, 4) is 0 Å². The number of amides is 3. The molecule has 2 aromatic carbocycles. The van der Waals surface area contributed by atoms with Crippen LogP contribution in [0.5, 0.6) is 0 Å². The minimum absolute atomic E-state index is 0.0938. The summed E-state index contributed by atoms with van der Waals surface area (Å²) < 4.78 is 10.0. The molecular formula is C27H35N3O6. The predicted octanol–water partition coefficient (Wildman–Crippen LogP) is 3.52. The molecule has 36 heavy (non-hydrogen) atoms. The zero-order chi connectivity index (χ0) is 27.0. The van der Waals surface area contributed by atoms with Crippen LogP contribution in [0.25, 0.3) is 16.8 Å². The Bertz CT molecular complexity index is 1140. The summed E-state index contributed by atoms with van der Waals surface area (Å²) in [5.41, 5.74) is -0.145. The molecule has 0 saturated heterocycles. The monoisotopic (exact) mass is 497 g/mol. The minimum atomic E-state index is -1.01. The Kier molecular flexibility index (Phi) is 9.60. The number of carbonyl (C=O) groups is 4. The van der Waals surface area contributed by atoms with Crippen molar-refractivity contribution in [1.82, 2.24) is 16.0 Å². The molecule has 3 amide bonds. The number of rotatable bonds is 8. The summed E-state index contributed by atoms with van der Waals surface area (Å²) in [4.78, 5) is 50.5. The molecule has 0 heterocycles. The van der Waals surface area contributed by atoms with Crippen LogP contribution in [0.15, 0.2) is 48.2 Å². The van der Waals surface area contributed by atoms with Gasteiger partial charge in [0.1, 0.15) is 23.4 Å². The normalized spacial score (nSPS) is 13.5. The van der Waals surface area contributed by atoms with Crippen molar-refractivity contribution in [1.29, 1.82) is 0 Å². The number of hydrogen-bond acceptors (Lipinski definition) is 6. The van der Waals surface area contributed by atoms with Crippen LogP contribution < -0.4 is 16.0 Å². The molecule has 2 rings (SSSR count). The maximum atomic E-state index is 13.3. The Morgan fingerprint density at radius 1 is 0.917 bits per heavy atom. The molecule has 0 spiro atoms. The van der Waals surface area contributed by atoms with E-state index < -0.39 is 41.6 Å². The first-order valence-corrected chi connectivity index (χ1v) is 11.7. The summed E-state index contributed by atoms with van der Waals surface area (Å²) in [5.74, 6) is -2.18. The van der Waals surface area contributed by atoms with E-state index in [4.69, 9.17) is 9.47 Å². The van der Waals surface area contributed by atoms with Gasteiger partial charge < -0.3 is 25.4 Å². The first kappa shape index (κ1) is 28.4. The third-order valence-corrected chi connectivity index (χ3v) is 5.16. The average molecular weight is 498 g/mol. The van der Waals surface area contributed by atoms with Crippen LogP contribution >= 0.6 is 0 Å². The highest BCUT2D eigenvalue weighted by molar-refractivity contribution is 6.05. The van der Waals surface area contributed by atoms with Crippen molar-refractivity contribution in [3.05, 3.63) is 53.7 Å². The highest BCUT2D eigenvalue weighted by atomic mass is 16.6. The van der Waals surface area contributed by atoms with Gasteiger partial charge in [0.15, 0.2) is 0 Å². The molecule has 0 bridgehead atoms. The van der Waals surface area contributed by atoms with Gasteiger partial charge >= 0.3 is 12.1 Å². The summed E-state index contributed by atoms with van der Waals surface area (Å²) in [6, 6.07) is 11.3. The number of hydrogen-bond donors (Lipinski definition) is 3. The van der Waals surface area contributed by atoms with E-state index in [0.717, 1.165) is 10.8 Å². The van der Waals surface area contributed by atoms with E-state index in [2.05, 4.69) is 16.0 Å². The molecule has 0 aliphatic rings. The molecule has 2 atom stereocenters. The third kappa shape index (κ3) is 8.11. The van der Waals surface area contributed by atoms with Crippen molar-refractivity contribution in [2.24, 2.45) is 5.92 Å². The molecule has 194 valence electrons. The molecule has 0 aliphatic heterocycles. The number of ether oxygens (including phenoxy) is 2. The van der Waals surface area contributed by atoms with Gasteiger partial charge in [-0.2, -0.15) is 0 Å². The van der Waals surface area contributed by atoms with E-state index in [1.54, 1.807) is 34.6 Å². The van der Waals surface area contributed by atoms with E-state index in [9.17, 15) is 19.2 Å². The number of esters is 1. The SMILES string of the molecule is COC(=O)[C@@H](NC(=O)/C(=C/c1cccc2ccccc12)NC(=O)[C@H](C)NC(=O)OC(C)(C)C)C(C)C. The number of fused-ring (bicyclic) bond motifs is 1. The van der Waals surface area contributed by atoms with Crippen LogP contribution in [-0.2, 0) is 23.9 Å². The zero-order valence-corrected chi connectivity index (χ0v) is 21.8. The van der Waals surface area contributed by atoms with Crippen molar-refractivity contribution in [2.45, 2.75) is 59.2 Å². The van der Waals surface area contributed by atoms with Crippen LogP contribution in [0.3, 0.4) is 0 Å². The van der Waals surface area contributed by atoms with Gasteiger partial charge in [0.25, 0.3) is 5.91 Å². The summed E-state index contributed by atoms with van der Waals surface area (Å²) >= 11 is 0. The average Bonchev–Trinajstić information content (AvgIpc) is 2.80. The smallest absolute Gasteiger partial charge is 0.408 e. The minimum Gasteiger partial charge on any atom is -0.467 e. The Morgan fingerprint density at radius 3 is 2.17 bits per heavy atom.